The van der Waals surface area contributed by atoms with Crippen molar-refractivity contribution in [3.63, 3.8) is 0 Å². The van der Waals surface area contributed by atoms with Gasteiger partial charge < -0.3 is 10.1 Å². The molecule has 0 aromatic heterocycles. The maximum Gasteiger partial charge on any atom is 0.255 e. The number of anilines is 1. The molecule has 1 N–H and O–H groups in total. The summed E-state index contributed by atoms with van der Waals surface area (Å²) in [7, 11) is 1.60. The lowest BCUT2D eigenvalue weighted by Crippen LogP contribution is -2.12. The zero-order valence-electron chi connectivity index (χ0n) is 11.4. The number of hydrogen-bond acceptors (Lipinski definition) is 2. The number of nitrogens with one attached hydrogen (secondary N) is 1. The van der Waals surface area contributed by atoms with Gasteiger partial charge in [0.05, 0.1) is 7.11 Å². The Hall–Kier alpha value is -2.29. The Morgan fingerprint density at radius 2 is 1.74 bits per heavy atom. The minimum absolute atomic E-state index is 0.114. The Bertz CT molecular complexity index is 588. The first-order valence-electron chi connectivity index (χ1n) is 6.13. The summed E-state index contributed by atoms with van der Waals surface area (Å²) in [6, 6.07) is 12.9. The van der Waals surface area contributed by atoms with Crippen molar-refractivity contribution in [2.24, 2.45) is 0 Å². The maximum atomic E-state index is 12.1. The monoisotopic (exact) mass is 255 g/mol. The smallest absolute Gasteiger partial charge is 0.255 e. The van der Waals surface area contributed by atoms with Crippen molar-refractivity contribution in [1.82, 2.24) is 0 Å². The Labute approximate surface area is 113 Å². The third-order valence-corrected chi connectivity index (χ3v) is 3.21. The summed E-state index contributed by atoms with van der Waals surface area (Å²) in [5.41, 5.74) is 3.71. The molecule has 0 aliphatic carbocycles. The lowest BCUT2D eigenvalue weighted by Gasteiger charge is -2.10. The first kappa shape index (κ1) is 13.1. The molecule has 0 aliphatic rings. The standard InChI is InChI=1S/C16H17NO2/c1-11-5-4-6-15(12(11)2)17-16(18)13-7-9-14(19-3)10-8-13/h4-10H,1-3H3,(H,17,18). The minimum atomic E-state index is -0.114. The fourth-order valence-corrected chi connectivity index (χ4v) is 1.82. The van der Waals surface area contributed by atoms with Crippen molar-refractivity contribution in [3.05, 3.63) is 59.2 Å². The average molecular weight is 255 g/mol. The Balaban J connectivity index is 2.18. The number of hydrogen-bond donors (Lipinski definition) is 1. The van der Waals surface area contributed by atoms with Crippen LogP contribution in [0, 0.1) is 13.8 Å². The van der Waals surface area contributed by atoms with Crippen LogP contribution in [0.3, 0.4) is 0 Å². The highest BCUT2D eigenvalue weighted by Gasteiger charge is 2.08. The van der Waals surface area contributed by atoms with E-state index in [4.69, 9.17) is 4.74 Å². The molecule has 1 amide bonds. The molecule has 2 rings (SSSR count). The van der Waals surface area contributed by atoms with Crippen LogP contribution in [0.2, 0.25) is 0 Å². The highest BCUT2D eigenvalue weighted by atomic mass is 16.5. The Kier molecular flexibility index (Phi) is 3.85. The van der Waals surface area contributed by atoms with E-state index < -0.39 is 0 Å². The van der Waals surface area contributed by atoms with Gasteiger partial charge in [-0.15, -0.1) is 0 Å². The minimum Gasteiger partial charge on any atom is -0.497 e. The van der Waals surface area contributed by atoms with Crippen molar-refractivity contribution in [2.75, 3.05) is 12.4 Å². The van der Waals surface area contributed by atoms with Crippen molar-refractivity contribution in [1.29, 1.82) is 0 Å². The topological polar surface area (TPSA) is 38.3 Å². The molecule has 0 saturated heterocycles. The number of methoxy groups -OCH3 is 1. The molecular weight excluding hydrogens is 238 g/mol. The Morgan fingerprint density at radius 3 is 2.37 bits per heavy atom. The maximum absolute atomic E-state index is 12.1. The summed E-state index contributed by atoms with van der Waals surface area (Å²) in [6.07, 6.45) is 0. The van der Waals surface area contributed by atoms with Crippen molar-refractivity contribution >= 4 is 11.6 Å². The van der Waals surface area contributed by atoms with Gasteiger partial charge in [-0.3, -0.25) is 4.79 Å². The number of aryl methyl sites for hydroxylation is 1. The fourth-order valence-electron chi connectivity index (χ4n) is 1.82. The molecule has 0 heterocycles. The normalized spacial score (nSPS) is 10.1. The van der Waals surface area contributed by atoms with Crippen LogP contribution < -0.4 is 10.1 Å². The summed E-state index contributed by atoms with van der Waals surface area (Å²) >= 11 is 0. The molecule has 0 spiro atoms. The van der Waals surface area contributed by atoms with Gasteiger partial charge >= 0.3 is 0 Å². The van der Waals surface area contributed by atoms with Gasteiger partial charge in [-0.05, 0) is 55.3 Å². The van der Waals surface area contributed by atoms with Gasteiger partial charge in [0, 0.05) is 11.3 Å². The molecule has 0 unspecified atom stereocenters. The van der Waals surface area contributed by atoms with E-state index >= 15 is 0 Å². The van der Waals surface area contributed by atoms with Crippen molar-refractivity contribution in [3.8, 4) is 5.75 Å². The largest absolute Gasteiger partial charge is 0.497 e. The molecule has 3 heteroatoms. The zero-order chi connectivity index (χ0) is 13.8. The van der Waals surface area contributed by atoms with E-state index in [1.807, 2.05) is 32.0 Å². The van der Waals surface area contributed by atoms with E-state index in [1.165, 1.54) is 0 Å². The van der Waals surface area contributed by atoms with Crippen LogP contribution in [0.15, 0.2) is 42.5 Å². The summed E-state index contributed by atoms with van der Waals surface area (Å²) in [5, 5.41) is 2.93. The molecule has 0 aliphatic heterocycles. The molecule has 3 nitrogen and oxygen atoms in total. The SMILES string of the molecule is COc1ccc(C(=O)Nc2cccc(C)c2C)cc1. The van der Waals surface area contributed by atoms with E-state index in [-0.39, 0.29) is 5.91 Å². The van der Waals surface area contributed by atoms with Crippen LogP contribution in [0.25, 0.3) is 0 Å². The van der Waals surface area contributed by atoms with E-state index in [0.29, 0.717) is 5.56 Å². The van der Waals surface area contributed by atoms with Gasteiger partial charge in [-0.2, -0.15) is 0 Å². The van der Waals surface area contributed by atoms with Crippen LogP contribution in [0.4, 0.5) is 5.69 Å². The molecule has 0 radical (unpaired) electrons. The predicted octanol–water partition coefficient (Wildman–Crippen LogP) is 3.56. The summed E-state index contributed by atoms with van der Waals surface area (Å²) < 4.78 is 5.07. The molecule has 2 aromatic carbocycles. The highest BCUT2D eigenvalue weighted by Crippen LogP contribution is 2.19. The average Bonchev–Trinajstić information content (AvgIpc) is 2.44. The zero-order valence-corrected chi connectivity index (χ0v) is 11.4. The molecule has 98 valence electrons. The second-order valence-electron chi connectivity index (χ2n) is 4.43. The third kappa shape index (κ3) is 2.94. The van der Waals surface area contributed by atoms with Gasteiger partial charge in [0.15, 0.2) is 0 Å². The van der Waals surface area contributed by atoms with Crippen LogP contribution in [0.1, 0.15) is 21.5 Å². The van der Waals surface area contributed by atoms with Gasteiger partial charge in [0.25, 0.3) is 5.91 Å². The number of amides is 1. The summed E-state index contributed by atoms with van der Waals surface area (Å²) in [5.74, 6) is 0.625. The summed E-state index contributed by atoms with van der Waals surface area (Å²) in [6.45, 7) is 4.03. The molecule has 0 atom stereocenters. The number of carbonyl (C=O) groups excluding carboxylic acids is 1. The predicted molar refractivity (Wildman–Crippen MR) is 76.9 cm³/mol. The molecule has 2 aromatic rings. The molecule has 19 heavy (non-hydrogen) atoms. The quantitative estimate of drug-likeness (QED) is 0.910. The summed E-state index contributed by atoms with van der Waals surface area (Å²) in [4.78, 5) is 12.1. The van der Waals surface area contributed by atoms with E-state index in [0.717, 1.165) is 22.6 Å². The number of rotatable bonds is 3. The fraction of sp³-hybridized carbons (Fsp3) is 0.188. The lowest BCUT2D eigenvalue weighted by atomic mass is 10.1. The van der Waals surface area contributed by atoms with Crippen LogP contribution in [0.5, 0.6) is 5.75 Å². The van der Waals surface area contributed by atoms with Gasteiger partial charge in [0.1, 0.15) is 5.75 Å². The van der Waals surface area contributed by atoms with Crippen LogP contribution in [-0.2, 0) is 0 Å². The van der Waals surface area contributed by atoms with Gasteiger partial charge in [0.2, 0.25) is 0 Å². The number of benzene rings is 2. The van der Waals surface area contributed by atoms with Crippen LogP contribution in [-0.4, -0.2) is 13.0 Å². The molecule has 0 bridgehead atoms. The van der Waals surface area contributed by atoms with E-state index in [2.05, 4.69) is 5.32 Å². The molecule has 0 saturated carbocycles. The first-order chi connectivity index (χ1) is 9.11. The molecular formula is C16H17NO2. The molecule has 0 fully saturated rings. The number of carbonyl (C=O) groups is 1. The number of ether oxygens (including phenoxy) is 1. The Morgan fingerprint density at radius 1 is 1.05 bits per heavy atom. The second-order valence-corrected chi connectivity index (χ2v) is 4.43. The van der Waals surface area contributed by atoms with E-state index in [1.54, 1.807) is 31.4 Å². The highest BCUT2D eigenvalue weighted by molar-refractivity contribution is 6.04. The lowest BCUT2D eigenvalue weighted by molar-refractivity contribution is 0.102. The third-order valence-electron chi connectivity index (χ3n) is 3.21. The second kappa shape index (κ2) is 5.57. The van der Waals surface area contributed by atoms with Crippen molar-refractivity contribution in [2.45, 2.75) is 13.8 Å². The van der Waals surface area contributed by atoms with Crippen molar-refractivity contribution < 1.29 is 9.53 Å². The van der Waals surface area contributed by atoms with Gasteiger partial charge in [-0.25, -0.2) is 0 Å². The first-order valence-corrected chi connectivity index (χ1v) is 6.13. The van der Waals surface area contributed by atoms with Crippen LogP contribution >= 0.6 is 0 Å². The van der Waals surface area contributed by atoms with E-state index in [9.17, 15) is 4.79 Å². The van der Waals surface area contributed by atoms with Gasteiger partial charge in [-0.1, -0.05) is 12.1 Å².